The fraction of sp³-hybridized carbons (Fsp3) is 0.160. The highest BCUT2D eigenvalue weighted by Crippen LogP contribution is 2.37. The molecule has 0 spiro atoms. The largest absolute Gasteiger partial charge is 0.383 e. The fourth-order valence-electron chi connectivity index (χ4n) is 3.31. The molecule has 0 fully saturated rings. The van der Waals surface area contributed by atoms with Gasteiger partial charge < -0.3 is 10.1 Å². The lowest BCUT2D eigenvalue weighted by molar-refractivity contribution is -0.115. The first-order valence-electron chi connectivity index (χ1n) is 10.4. The van der Waals surface area contributed by atoms with Crippen LogP contribution in [0.15, 0.2) is 90.1 Å². The lowest BCUT2D eigenvalue weighted by Crippen LogP contribution is -2.20. The van der Waals surface area contributed by atoms with Crippen LogP contribution in [0.2, 0.25) is 0 Å². The lowest BCUT2D eigenvalue weighted by atomic mass is 10.1. The molecule has 33 heavy (non-hydrogen) atoms. The number of hydrogen-bond donors (Lipinski definition) is 1. The standard InChI is InChI=1S/C25H23FN4O2S/c1-32-17-16-30-23(19-10-6-3-7-11-19)28-29-25(30)33-22(18-8-4-2-5-9-18)24(31)27-21-14-12-20(26)13-15-21/h2-15,22H,16-17H2,1H3,(H,27,31)/t22-/m1/s1. The summed E-state index contributed by atoms with van der Waals surface area (Å²) in [5, 5.41) is 11.7. The maximum atomic E-state index is 13.3. The highest BCUT2D eigenvalue weighted by atomic mass is 32.2. The van der Waals surface area contributed by atoms with Crippen LogP contribution in [0.3, 0.4) is 0 Å². The lowest BCUT2D eigenvalue weighted by Gasteiger charge is -2.17. The molecule has 0 aliphatic carbocycles. The maximum absolute atomic E-state index is 13.3. The molecule has 1 atom stereocenters. The van der Waals surface area contributed by atoms with Crippen molar-refractivity contribution in [2.75, 3.05) is 19.0 Å². The number of amides is 1. The van der Waals surface area contributed by atoms with Crippen molar-refractivity contribution < 1.29 is 13.9 Å². The van der Waals surface area contributed by atoms with E-state index in [1.165, 1.54) is 36.0 Å². The predicted octanol–water partition coefficient (Wildman–Crippen LogP) is 5.20. The van der Waals surface area contributed by atoms with Crippen molar-refractivity contribution >= 4 is 23.4 Å². The Bertz CT molecular complexity index is 1180. The fourth-order valence-corrected chi connectivity index (χ4v) is 4.37. The summed E-state index contributed by atoms with van der Waals surface area (Å²) in [6, 6.07) is 24.9. The van der Waals surface area contributed by atoms with Gasteiger partial charge in [0, 0.05) is 18.4 Å². The first kappa shape index (κ1) is 22.7. The molecule has 0 saturated heterocycles. The van der Waals surface area contributed by atoms with Crippen LogP contribution in [0, 0.1) is 5.82 Å². The molecule has 4 aromatic rings. The average Bonchev–Trinajstić information content (AvgIpc) is 3.26. The second-order valence-electron chi connectivity index (χ2n) is 7.22. The molecule has 3 aromatic carbocycles. The zero-order chi connectivity index (χ0) is 23.0. The van der Waals surface area contributed by atoms with E-state index in [0.29, 0.717) is 29.8 Å². The van der Waals surface area contributed by atoms with Crippen molar-refractivity contribution in [3.05, 3.63) is 96.3 Å². The summed E-state index contributed by atoms with van der Waals surface area (Å²) in [5.41, 5.74) is 2.28. The van der Waals surface area contributed by atoms with Gasteiger partial charge in [-0.05, 0) is 29.8 Å². The van der Waals surface area contributed by atoms with Gasteiger partial charge in [0.2, 0.25) is 5.91 Å². The Hall–Kier alpha value is -3.49. The number of carbonyl (C=O) groups is 1. The zero-order valence-corrected chi connectivity index (χ0v) is 18.8. The van der Waals surface area contributed by atoms with E-state index in [2.05, 4.69) is 15.5 Å². The molecule has 0 aliphatic heterocycles. The Labute approximate surface area is 195 Å². The zero-order valence-electron chi connectivity index (χ0n) is 18.0. The van der Waals surface area contributed by atoms with Gasteiger partial charge in [-0.15, -0.1) is 10.2 Å². The van der Waals surface area contributed by atoms with Crippen LogP contribution < -0.4 is 5.32 Å². The summed E-state index contributed by atoms with van der Waals surface area (Å²) in [6.45, 7) is 1.01. The molecule has 8 heteroatoms. The normalized spacial score (nSPS) is 11.8. The first-order valence-corrected chi connectivity index (χ1v) is 11.3. The molecular formula is C25H23FN4O2S. The van der Waals surface area contributed by atoms with Crippen molar-refractivity contribution in [3.63, 3.8) is 0 Å². The smallest absolute Gasteiger partial charge is 0.242 e. The third kappa shape index (κ3) is 5.66. The van der Waals surface area contributed by atoms with E-state index in [-0.39, 0.29) is 11.7 Å². The number of benzene rings is 3. The third-order valence-electron chi connectivity index (χ3n) is 4.94. The Kier molecular flexibility index (Phi) is 7.49. The Balaban J connectivity index is 1.66. The maximum Gasteiger partial charge on any atom is 0.242 e. The third-order valence-corrected chi connectivity index (χ3v) is 6.18. The van der Waals surface area contributed by atoms with E-state index in [0.717, 1.165) is 11.1 Å². The van der Waals surface area contributed by atoms with Crippen molar-refractivity contribution in [2.24, 2.45) is 0 Å². The van der Waals surface area contributed by atoms with Gasteiger partial charge >= 0.3 is 0 Å². The number of hydrogen-bond acceptors (Lipinski definition) is 5. The van der Waals surface area contributed by atoms with Crippen LogP contribution in [0.25, 0.3) is 11.4 Å². The molecule has 6 nitrogen and oxygen atoms in total. The van der Waals surface area contributed by atoms with Gasteiger partial charge in [0.1, 0.15) is 11.1 Å². The van der Waals surface area contributed by atoms with Crippen LogP contribution in [-0.2, 0) is 16.1 Å². The Morgan fingerprint density at radius 1 is 1.00 bits per heavy atom. The summed E-state index contributed by atoms with van der Waals surface area (Å²) >= 11 is 1.31. The van der Waals surface area contributed by atoms with Gasteiger partial charge in [-0.1, -0.05) is 72.4 Å². The molecule has 0 saturated carbocycles. The van der Waals surface area contributed by atoms with E-state index in [4.69, 9.17) is 4.74 Å². The minimum atomic E-state index is -0.592. The monoisotopic (exact) mass is 462 g/mol. The summed E-state index contributed by atoms with van der Waals surface area (Å²) < 4.78 is 20.5. The first-order chi connectivity index (χ1) is 16.2. The SMILES string of the molecule is COCCn1c(S[C@@H](C(=O)Nc2ccc(F)cc2)c2ccccc2)nnc1-c1ccccc1. The number of carbonyl (C=O) groups excluding carboxylic acids is 1. The number of halogens is 1. The number of anilines is 1. The molecule has 0 radical (unpaired) electrons. The minimum absolute atomic E-state index is 0.236. The van der Waals surface area contributed by atoms with Crippen molar-refractivity contribution in [2.45, 2.75) is 17.0 Å². The average molecular weight is 463 g/mol. The minimum Gasteiger partial charge on any atom is -0.383 e. The van der Waals surface area contributed by atoms with E-state index < -0.39 is 5.25 Å². The molecule has 1 amide bonds. The molecule has 1 aromatic heterocycles. The molecule has 0 aliphatic rings. The Morgan fingerprint density at radius 3 is 2.33 bits per heavy atom. The van der Waals surface area contributed by atoms with E-state index in [1.807, 2.05) is 65.2 Å². The number of ether oxygens (including phenoxy) is 1. The predicted molar refractivity (Wildman–Crippen MR) is 127 cm³/mol. The number of methoxy groups -OCH3 is 1. The van der Waals surface area contributed by atoms with E-state index >= 15 is 0 Å². The van der Waals surface area contributed by atoms with Gasteiger partial charge in [-0.3, -0.25) is 9.36 Å². The van der Waals surface area contributed by atoms with Crippen LogP contribution in [0.1, 0.15) is 10.8 Å². The van der Waals surface area contributed by atoms with Gasteiger partial charge in [-0.25, -0.2) is 4.39 Å². The number of aromatic nitrogens is 3. The molecule has 4 rings (SSSR count). The highest BCUT2D eigenvalue weighted by molar-refractivity contribution is 8.00. The van der Waals surface area contributed by atoms with Crippen LogP contribution in [0.5, 0.6) is 0 Å². The van der Waals surface area contributed by atoms with Crippen molar-refractivity contribution in [3.8, 4) is 11.4 Å². The van der Waals surface area contributed by atoms with Gasteiger partial charge in [0.25, 0.3) is 0 Å². The number of nitrogens with one attached hydrogen (secondary N) is 1. The second kappa shape index (κ2) is 10.9. The van der Waals surface area contributed by atoms with Crippen LogP contribution >= 0.6 is 11.8 Å². The number of thioether (sulfide) groups is 1. The van der Waals surface area contributed by atoms with E-state index in [9.17, 15) is 9.18 Å². The summed E-state index contributed by atoms with van der Waals surface area (Å²) in [4.78, 5) is 13.3. The molecule has 0 bridgehead atoms. The van der Waals surface area contributed by atoms with Gasteiger partial charge in [0.15, 0.2) is 11.0 Å². The number of nitrogens with zero attached hydrogens (tertiary/aromatic N) is 3. The van der Waals surface area contributed by atoms with Gasteiger partial charge in [-0.2, -0.15) is 0 Å². The van der Waals surface area contributed by atoms with Gasteiger partial charge in [0.05, 0.1) is 13.2 Å². The number of rotatable bonds is 9. The quantitative estimate of drug-likeness (QED) is 0.346. The highest BCUT2D eigenvalue weighted by Gasteiger charge is 2.26. The summed E-state index contributed by atoms with van der Waals surface area (Å²) in [6.07, 6.45) is 0. The molecule has 168 valence electrons. The van der Waals surface area contributed by atoms with Crippen LogP contribution in [-0.4, -0.2) is 34.4 Å². The molecule has 0 unspecified atom stereocenters. The van der Waals surface area contributed by atoms with Crippen molar-refractivity contribution in [1.29, 1.82) is 0 Å². The Morgan fingerprint density at radius 2 is 1.67 bits per heavy atom. The molecule has 1 heterocycles. The topological polar surface area (TPSA) is 69.0 Å². The molecular weight excluding hydrogens is 439 g/mol. The summed E-state index contributed by atoms with van der Waals surface area (Å²) in [5.74, 6) is 0.114. The van der Waals surface area contributed by atoms with Crippen molar-refractivity contribution in [1.82, 2.24) is 14.8 Å². The van der Waals surface area contributed by atoms with E-state index in [1.54, 1.807) is 7.11 Å². The molecule has 1 N–H and O–H groups in total. The summed E-state index contributed by atoms with van der Waals surface area (Å²) in [7, 11) is 1.64. The second-order valence-corrected chi connectivity index (χ2v) is 8.29. The van der Waals surface area contributed by atoms with Crippen LogP contribution in [0.4, 0.5) is 10.1 Å².